The Kier molecular flexibility index (Phi) is 4.46. The van der Waals surface area contributed by atoms with E-state index in [2.05, 4.69) is 4.72 Å². The number of rotatable bonds is 7. The third kappa shape index (κ3) is 4.72. The molecule has 1 atom stereocenters. The van der Waals surface area contributed by atoms with Gasteiger partial charge in [0.2, 0.25) is 10.0 Å². The number of thioether (sulfide) groups is 1. The van der Waals surface area contributed by atoms with Crippen molar-refractivity contribution in [3.05, 3.63) is 0 Å². The lowest BCUT2D eigenvalue weighted by atomic mass is 10.1. The molecular formula is C9H19NO3S2. The number of hydrogen-bond donors (Lipinski definition) is 2. The summed E-state index contributed by atoms with van der Waals surface area (Å²) in [6.07, 6.45) is 4.07. The topological polar surface area (TPSA) is 66.4 Å². The van der Waals surface area contributed by atoms with Gasteiger partial charge in [-0.1, -0.05) is 0 Å². The van der Waals surface area contributed by atoms with E-state index in [1.807, 2.05) is 6.26 Å². The summed E-state index contributed by atoms with van der Waals surface area (Å²) < 4.78 is 25.5. The van der Waals surface area contributed by atoms with Crippen molar-refractivity contribution < 1.29 is 13.5 Å². The van der Waals surface area contributed by atoms with Crippen molar-refractivity contribution in [3.63, 3.8) is 0 Å². The van der Waals surface area contributed by atoms with Gasteiger partial charge in [-0.05, 0) is 38.2 Å². The van der Waals surface area contributed by atoms with E-state index in [0.29, 0.717) is 6.42 Å². The highest BCUT2D eigenvalue weighted by Crippen LogP contribution is 2.27. The molecule has 0 aromatic rings. The van der Waals surface area contributed by atoms with Crippen LogP contribution in [0.25, 0.3) is 0 Å². The van der Waals surface area contributed by atoms with Gasteiger partial charge in [0.15, 0.2) is 0 Å². The number of aliphatic hydroxyl groups is 1. The second-order valence-electron chi connectivity index (χ2n) is 4.31. The molecule has 0 saturated heterocycles. The highest BCUT2D eigenvalue weighted by Gasteiger charge is 2.36. The Hall–Kier alpha value is 0.220. The van der Waals surface area contributed by atoms with Gasteiger partial charge in [0.1, 0.15) is 0 Å². The first-order chi connectivity index (χ1) is 6.87. The Labute approximate surface area is 95.9 Å². The van der Waals surface area contributed by atoms with E-state index >= 15 is 0 Å². The maximum absolute atomic E-state index is 11.5. The van der Waals surface area contributed by atoms with Gasteiger partial charge in [0.05, 0.1) is 10.9 Å². The summed E-state index contributed by atoms with van der Waals surface area (Å²) in [4.78, 5) is 0. The average molecular weight is 253 g/mol. The quantitative estimate of drug-likeness (QED) is 0.696. The molecule has 0 heterocycles. The number of nitrogens with one attached hydrogen (secondary N) is 1. The standard InChI is InChI=1S/C9H19NO3S2/c1-9(11,5-6-14-2)7-10-15(12,13)8-3-4-8/h8,10-11H,3-7H2,1-2H3/t9-/m1/s1. The molecule has 0 aromatic carbocycles. The summed E-state index contributed by atoms with van der Waals surface area (Å²) >= 11 is 1.64. The minimum absolute atomic E-state index is 0.117. The fraction of sp³-hybridized carbons (Fsp3) is 1.00. The molecule has 0 radical (unpaired) electrons. The molecule has 0 aromatic heterocycles. The van der Waals surface area contributed by atoms with Crippen LogP contribution in [0.5, 0.6) is 0 Å². The molecule has 2 N–H and O–H groups in total. The third-order valence-corrected chi connectivity index (χ3v) is 4.97. The molecule has 90 valence electrons. The van der Waals surface area contributed by atoms with E-state index in [1.54, 1.807) is 18.7 Å². The molecule has 1 aliphatic carbocycles. The monoisotopic (exact) mass is 253 g/mol. The maximum Gasteiger partial charge on any atom is 0.214 e. The molecule has 6 heteroatoms. The fourth-order valence-corrected chi connectivity index (χ4v) is 3.31. The molecular weight excluding hydrogens is 234 g/mol. The van der Waals surface area contributed by atoms with E-state index in [4.69, 9.17) is 0 Å². The van der Waals surface area contributed by atoms with Crippen LogP contribution in [0.15, 0.2) is 0 Å². The van der Waals surface area contributed by atoms with E-state index in [9.17, 15) is 13.5 Å². The first kappa shape index (κ1) is 13.3. The van der Waals surface area contributed by atoms with Gasteiger partial charge < -0.3 is 5.11 Å². The van der Waals surface area contributed by atoms with Gasteiger partial charge in [-0.3, -0.25) is 0 Å². The molecule has 1 fully saturated rings. The third-order valence-electron chi connectivity index (χ3n) is 2.46. The van der Waals surface area contributed by atoms with Gasteiger partial charge in [0.25, 0.3) is 0 Å². The van der Waals surface area contributed by atoms with E-state index < -0.39 is 15.6 Å². The summed E-state index contributed by atoms with van der Waals surface area (Å²) in [7, 11) is -3.16. The molecule has 0 spiro atoms. The minimum Gasteiger partial charge on any atom is -0.389 e. The molecule has 0 unspecified atom stereocenters. The van der Waals surface area contributed by atoms with Crippen molar-refractivity contribution in [2.75, 3.05) is 18.6 Å². The fourth-order valence-electron chi connectivity index (χ4n) is 1.16. The maximum atomic E-state index is 11.5. The van der Waals surface area contributed by atoms with E-state index in [1.165, 1.54) is 0 Å². The smallest absolute Gasteiger partial charge is 0.214 e. The van der Waals surface area contributed by atoms with Crippen LogP contribution >= 0.6 is 11.8 Å². The van der Waals surface area contributed by atoms with Crippen molar-refractivity contribution in [3.8, 4) is 0 Å². The normalized spacial score (nSPS) is 21.3. The Balaban J connectivity index is 2.34. The van der Waals surface area contributed by atoms with Crippen LogP contribution in [0.2, 0.25) is 0 Å². The zero-order valence-corrected chi connectivity index (χ0v) is 10.8. The first-order valence-corrected chi connectivity index (χ1v) is 8.01. The van der Waals surface area contributed by atoms with Gasteiger partial charge >= 0.3 is 0 Å². The molecule has 0 aliphatic heterocycles. The number of sulfonamides is 1. The van der Waals surface area contributed by atoms with Crippen molar-refractivity contribution in [2.24, 2.45) is 0 Å². The Morgan fingerprint density at radius 3 is 2.60 bits per heavy atom. The van der Waals surface area contributed by atoms with E-state index in [-0.39, 0.29) is 11.8 Å². The highest BCUT2D eigenvalue weighted by atomic mass is 32.2. The van der Waals surface area contributed by atoms with Crippen molar-refractivity contribution in [1.29, 1.82) is 0 Å². The molecule has 0 amide bonds. The largest absolute Gasteiger partial charge is 0.389 e. The summed E-state index contributed by atoms with van der Waals surface area (Å²) in [5, 5.41) is 9.66. The van der Waals surface area contributed by atoms with Crippen molar-refractivity contribution in [1.82, 2.24) is 4.72 Å². The van der Waals surface area contributed by atoms with Crippen LogP contribution in [0.1, 0.15) is 26.2 Å². The summed E-state index contributed by atoms with van der Waals surface area (Å²) in [5.41, 5.74) is -0.940. The predicted octanol–water partition coefficient (Wildman–Crippen LogP) is 0.572. The lowest BCUT2D eigenvalue weighted by Crippen LogP contribution is -2.42. The van der Waals surface area contributed by atoms with Crippen LogP contribution in [0.4, 0.5) is 0 Å². The zero-order valence-electron chi connectivity index (χ0n) is 9.19. The van der Waals surface area contributed by atoms with Crippen LogP contribution in [0.3, 0.4) is 0 Å². The first-order valence-electron chi connectivity index (χ1n) is 5.07. The summed E-state index contributed by atoms with van der Waals surface area (Å²) in [5.74, 6) is 0.832. The average Bonchev–Trinajstić information content (AvgIpc) is 2.95. The van der Waals surface area contributed by atoms with Gasteiger partial charge in [0, 0.05) is 6.54 Å². The molecule has 1 saturated carbocycles. The Morgan fingerprint density at radius 1 is 1.53 bits per heavy atom. The van der Waals surface area contributed by atoms with Gasteiger partial charge in [-0.15, -0.1) is 0 Å². The molecule has 15 heavy (non-hydrogen) atoms. The van der Waals surface area contributed by atoms with Crippen LogP contribution in [0, 0.1) is 0 Å². The Morgan fingerprint density at radius 2 is 2.13 bits per heavy atom. The minimum atomic E-state index is -3.16. The second kappa shape index (κ2) is 5.03. The van der Waals surface area contributed by atoms with Crippen LogP contribution in [-0.4, -0.2) is 42.9 Å². The predicted molar refractivity (Wildman–Crippen MR) is 63.6 cm³/mol. The molecule has 1 rings (SSSR count). The molecule has 1 aliphatic rings. The molecule has 0 bridgehead atoms. The lowest BCUT2D eigenvalue weighted by molar-refractivity contribution is 0.0626. The summed E-state index contributed by atoms with van der Waals surface area (Å²) in [6, 6.07) is 0. The SMILES string of the molecule is CSCC[C@@](C)(O)CNS(=O)(=O)C1CC1. The van der Waals surface area contributed by atoms with Crippen molar-refractivity contribution >= 4 is 21.8 Å². The summed E-state index contributed by atoms with van der Waals surface area (Å²) in [6.45, 7) is 1.78. The highest BCUT2D eigenvalue weighted by molar-refractivity contribution is 7.98. The number of hydrogen-bond acceptors (Lipinski definition) is 4. The Bertz CT molecular complexity index is 296. The second-order valence-corrected chi connectivity index (χ2v) is 7.34. The molecule has 4 nitrogen and oxygen atoms in total. The van der Waals surface area contributed by atoms with Crippen molar-refractivity contribution in [2.45, 2.75) is 37.0 Å². The van der Waals surface area contributed by atoms with E-state index in [0.717, 1.165) is 18.6 Å². The van der Waals surface area contributed by atoms with Gasteiger partial charge in [-0.25, -0.2) is 13.1 Å². The van der Waals surface area contributed by atoms with Gasteiger partial charge in [-0.2, -0.15) is 11.8 Å². The van der Waals surface area contributed by atoms with Crippen LogP contribution < -0.4 is 4.72 Å². The van der Waals surface area contributed by atoms with Crippen LogP contribution in [-0.2, 0) is 10.0 Å². The lowest BCUT2D eigenvalue weighted by Gasteiger charge is -2.23. The zero-order chi connectivity index (χ0) is 11.5.